The summed E-state index contributed by atoms with van der Waals surface area (Å²) in [6.45, 7) is 3.07. The molecule has 0 radical (unpaired) electrons. The Morgan fingerprint density at radius 2 is 2.26 bits per heavy atom. The second-order valence-corrected chi connectivity index (χ2v) is 5.99. The van der Waals surface area contributed by atoms with Crippen molar-refractivity contribution in [1.82, 2.24) is 5.32 Å². The summed E-state index contributed by atoms with van der Waals surface area (Å²) < 4.78 is 0.758. The predicted octanol–water partition coefficient (Wildman–Crippen LogP) is 3.68. The molecule has 0 heterocycles. The Morgan fingerprint density at radius 1 is 1.53 bits per heavy atom. The van der Waals surface area contributed by atoms with E-state index in [0.29, 0.717) is 6.04 Å². The zero-order chi connectivity index (χ0) is 13.8. The van der Waals surface area contributed by atoms with Gasteiger partial charge in [0.1, 0.15) is 0 Å². The number of rotatable bonds is 7. The molecule has 1 unspecified atom stereocenters. The fraction of sp³-hybridized carbons (Fsp3) is 0.571. The minimum atomic E-state index is -0.292. The minimum absolute atomic E-state index is 0.223. The highest BCUT2D eigenvalue weighted by atomic mass is 79.9. The molecule has 104 valence electrons. The van der Waals surface area contributed by atoms with Gasteiger partial charge < -0.3 is 5.32 Å². The van der Waals surface area contributed by atoms with Crippen LogP contribution in [0.25, 0.3) is 0 Å². The lowest BCUT2D eigenvalue weighted by molar-refractivity contribution is -0.385. The molecule has 2 rings (SSSR count). The van der Waals surface area contributed by atoms with Crippen molar-refractivity contribution in [1.29, 1.82) is 0 Å². The predicted molar refractivity (Wildman–Crippen MR) is 79.3 cm³/mol. The summed E-state index contributed by atoms with van der Waals surface area (Å²) >= 11 is 3.29. The van der Waals surface area contributed by atoms with Crippen molar-refractivity contribution < 1.29 is 4.92 Å². The molecule has 0 bridgehead atoms. The van der Waals surface area contributed by atoms with Crippen LogP contribution >= 0.6 is 15.9 Å². The fourth-order valence-corrected chi connectivity index (χ4v) is 2.84. The first-order valence-corrected chi connectivity index (χ1v) is 7.57. The van der Waals surface area contributed by atoms with Crippen LogP contribution in [0.5, 0.6) is 0 Å². The Labute approximate surface area is 121 Å². The average Bonchev–Trinajstić information content (AvgIpc) is 3.19. The van der Waals surface area contributed by atoms with Crippen molar-refractivity contribution in [3.63, 3.8) is 0 Å². The van der Waals surface area contributed by atoms with Gasteiger partial charge in [-0.25, -0.2) is 0 Å². The Morgan fingerprint density at radius 3 is 2.84 bits per heavy atom. The summed E-state index contributed by atoms with van der Waals surface area (Å²) in [5.41, 5.74) is 1.05. The van der Waals surface area contributed by atoms with Crippen molar-refractivity contribution in [2.24, 2.45) is 5.92 Å². The lowest BCUT2D eigenvalue weighted by Gasteiger charge is -2.17. The van der Waals surface area contributed by atoms with Gasteiger partial charge in [0.15, 0.2) is 0 Å². The lowest BCUT2D eigenvalue weighted by atomic mass is 10.0. The third-order valence-corrected chi connectivity index (χ3v) is 4.12. The van der Waals surface area contributed by atoms with Gasteiger partial charge in [0.05, 0.1) is 4.92 Å². The van der Waals surface area contributed by atoms with Gasteiger partial charge in [-0.2, -0.15) is 0 Å². The van der Waals surface area contributed by atoms with Crippen LogP contribution in [0.1, 0.15) is 31.7 Å². The first-order chi connectivity index (χ1) is 9.11. The topological polar surface area (TPSA) is 55.2 Å². The van der Waals surface area contributed by atoms with Crippen molar-refractivity contribution in [3.05, 3.63) is 38.3 Å². The summed E-state index contributed by atoms with van der Waals surface area (Å²) in [5, 5.41) is 14.6. The summed E-state index contributed by atoms with van der Waals surface area (Å²) in [7, 11) is 0. The molecule has 0 saturated heterocycles. The minimum Gasteiger partial charge on any atom is -0.314 e. The number of halogens is 1. The molecule has 1 aromatic rings. The maximum Gasteiger partial charge on any atom is 0.273 e. The maximum absolute atomic E-state index is 11.1. The lowest BCUT2D eigenvalue weighted by Crippen LogP contribution is -2.31. The number of aryl methyl sites for hydroxylation is 1. The Hall–Kier alpha value is -0.940. The van der Waals surface area contributed by atoms with E-state index >= 15 is 0 Å². The number of nitrogens with zero attached hydrogens (tertiary/aromatic N) is 1. The van der Waals surface area contributed by atoms with E-state index < -0.39 is 0 Å². The first kappa shape index (κ1) is 14.5. The summed E-state index contributed by atoms with van der Waals surface area (Å²) in [5.74, 6) is 0.773. The smallest absolute Gasteiger partial charge is 0.273 e. The highest BCUT2D eigenvalue weighted by molar-refractivity contribution is 9.10. The number of benzene rings is 1. The molecule has 0 aromatic heterocycles. The molecule has 1 aromatic carbocycles. The Kier molecular flexibility index (Phi) is 4.93. The second kappa shape index (κ2) is 6.48. The van der Waals surface area contributed by atoms with Crippen LogP contribution in [-0.2, 0) is 6.42 Å². The first-order valence-electron chi connectivity index (χ1n) is 6.78. The highest BCUT2D eigenvalue weighted by Crippen LogP contribution is 2.35. The van der Waals surface area contributed by atoms with Crippen LogP contribution in [0.3, 0.4) is 0 Å². The van der Waals surface area contributed by atoms with Gasteiger partial charge in [-0.05, 0) is 44.2 Å². The standard InChI is InChI=1S/C14H19BrN2O2/c1-2-16-13(10-3-4-10)8-6-11-5-7-12(15)9-14(11)17(18)19/h5,7,9-10,13,16H,2-4,6,8H2,1H3. The van der Waals surface area contributed by atoms with Crippen molar-refractivity contribution >= 4 is 21.6 Å². The van der Waals surface area contributed by atoms with Crippen molar-refractivity contribution in [2.75, 3.05) is 6.54 Å². The van der Waals surface area contributed by atoms with Crippen LogP contribution in [0, 0.1) is 16.0 Å². The number of hydrogen-bond acceptors (Lipinski definition) is 3. The van der Waals surface area contributed by atoms with Crippen LogP contribution < -0.4 is 5.32 Å². The Bertz CT molecular complexity index is 461. The van der Waals surface area contributed by atoms with Gasteiger partial charge in [0.25, 0.3) is 5.69 Å². The third kappa shape index (κ3) is 4.01. The summed E-state index contributed by atoms with van der Waals surface area (Å²) in [6, 6.07) is 5.84. The van der Waals surface area contributed by atoms with Gasteiger partial charge in [-0.3, -0.25) is 10.1 Å². The maximum atomic E-state index is 11.1. The molecule has 19 heavy (non-hydrogen) atoms. The number of nitrogens with one attached hydrogen (secondary N) is 1. The number of nitro groups is 1. The van der Waals surface area contributed by atoms with E-state index in [1.807, 2.05) is 12.1 Å². The van der Waals surface area contributed by atoms with E-state index in [9.17, 15) is 10.1 Å². The van der Waals surface area contributed by atoms with Crippen molar-refractivity contribution in [2.45, 2.75) is 38.6 Å². The van der Waals surface area contributed by atoms with Crippen LogP contribution in [-0.4, -0.2) is 17.5 Å². The SMILES string of the molecule is CCNC(CCc1ccc(Br)cc1[N+](=O)[O-])C1CC1. The van der Waals surface area contributed by atoms with Crippen molar-refractivity contribution in [3.8, 4) is 0 Å². The average molecular weight is 327 g/mol. The number of hydrogen-bond donors (Lipinski definition) is 1. The van der Waals surface area contributed by atoms with E-state index in [1.54, 1.807) is 6.07 Å². The molecular formula is C14H19BrN2O2. The van der Waals surface area contributed by atoms with E-state index in [2.05, 4.69) is 28.2 Å². The van der Waals surface area contributed by atoms with E-state index in [0.717, 1.165) is 35.3 Å². The summed E-state index contributed by atoms with van der Waals surface area (Å²) in [4.78, 5) is 10.8. The van der Waals surface area contributed by atoms with E-state index in [1.165, 1.54) is 12.8 Å². The molecule has 1 aliphatic rings. The highest BCUT2D eigenvalue weighted by Gasteiger charge is 2.30. The van der Waals surface area contributed by atoms with Gasteiger partial charge in [-0.1, -0.05) is 28.9 Å². The summed E-state index contributed by atoms with van der Waals surface area (Å²) in [6.07, 6.45) is 4.32. The molecule has 1 saturated carbocycles. The third-order valence-electron chi connectivity index (χ3n) is 3.63. The molecule has 5 heteroatoms. The quantitative estimate of drug-likeness (QED) is 0.614. The van der Waals surface area contributed by atoms with Crippen LogP contribution in [0.2, 0.25) is 0 Å². The largest absolute Gasteiger partial charge is 0.314 e. The molecule has 1 fully saturated rings. The van der Waals surface area contributed by atoms with Gasteiger partial charge in [0.2, 0.25) is 0 Å². The van der Waals surface area contributed by atoms with Crippen LogP contribution in [0.15, 0.2) is 22.7 Å². The van der Waals surface area contributed by atoms with Gasteiger partial charge in [-0.15, -0.1) is 0 Å². The number of nitro benzene ring substituents is 1. The second-order valence-electron chi connectivity index (χ2n) is 5.07. The van der Waals surface area contributed by atoms with E-state index in [4.69, 9.17) is 0 Å². The molecule has 4 nitrogen and oxygen atoms in total. The fourth-order valence-electron chi connectivity index (χ4n) is 2.49. The molecule has 1 N–H and O–H groups in total. The monoisotopic (exact) mass is 326 g/mol. The zero-order valence-corrected chi connectivity index (χ0v) is 12.6. The zero-order valence-electron chi connectivity index (χ0n) is 11.1. The Balaban J connectivity index is 2.03. The molecular weight excluding hydrogens is 308 g/mol. The molecule has 1 aliphatic carbocycles. The van der Waals surface area contributed by atoms with Gasteiger partial charge in [0, 0.05) is 22.1 Å². The molecule has 0 spiro atoms. The van der Waals surface area contributed by atoms with E-state index in [-0.39, 0.29) is 10.6 Å². The van der Waals surface area contributed by atoms with Crippen LogP contribution in [0.4, 0.5) is 5.69 Å². The van der Waals surface area contributed by atoms with Gasteiger partial charge >= 0.3 is 0 Å². The molecule has 0 aliphatic heterocycles. The normalized spacial score (nSPS) is 16.3. The molecule has 0 amide bonds. The molecule has 1 atom stereocenters.